The Labute approximate surface area is 234 Å². The molecule has 0 saturated carbocycles. The summed E-state index contributed by atoms with van der Waals surface area (Å²) in [6.07, 6.45) is 1.14. The molecule has 40 heavy (non-hydrogen) atoms. The van der Waals surface area contributed by atoms with E-state index in [1.165, 1.54) is 0 Å². The number of nitrogens with zero attached hydrogens (tertiary/aromatic N) is 4. The SMILES string of the molecule is CC[C@@H]1CN(Cc2cc(C(CC)(CC(=O)O)c3ccc4c(nnn4CC)c3F)ccc2C)Cc2ccccc2O1. The van der Waals surface area contributed by atoms with Crippen LogP contribution >= 0.6 is 0 Å². The van der Waals surface area contributed by atoms with Crippen molar-refractivity contribution in [1.29, 1.82) is 0 Å². The predicted molar refractivity (Wildman–Crippen MR) is 153 cm³/mol. The van der Waals surface area contributed by atoms with Crippen LogP contribution in [0.25, 0.3) is 11.0 Å². The molecule has 0 spiro atoms. The summed E-state index contributed by atoms with van der Waals surface area (Å²) in [4.78, 5) is 14.6. The first-order valence-electron chi connectivity index (χ1n) is 14.1. The first-order valence-corrected chi connectivity index (χ1v) is 14.1. The van der Waals surface area contributed by atoms with Gasteiger partial charge in [0.25, 0.3) is 0 Å². The Hall–Kier alpha value is -3.78. The number of rotatable bonds is 9. The van der Waals surface area contributed by atoms with Gasteiger partial charge in [0.2, 0.25) is 0 Å². The van der Waals surface area contributed by atoms with Crippen molar-refractivity contribution in [2.75, 3.05) is 6.54 Å². The third-order valence-electron chi connectivity index (χ3n) is 8.37. The van der Waals surface area contributed by atoms with Gasteiger partial charge in [-0.2, -0.15) is 0 Å². The maximum absolute atomic E-state index is 16.1. The molecule has 0 saturated heterocycles. The summed E-state index contributed by atoms with van der Waals surface area (Å²) >= 11 is 0. The number of para-hydroxylation sites is 1. The number of hydrogen-bond acceptors (Lipinski definition) is 5. The number of carboxylic acids is 1. The number of hydrogen-bond donors (Lipinski definition) is 1. The van der Waals surface area contributed by atoms with Crippen LogP contribution in [0.5, 0.6) is 5.75 Å². The van der Waals surface area contributed by atoms with Crippen molar-refractivity contribution >= 4 is 17.0 Å². The number of ether oxygens (including phenoxy) is 1. The Bertz CT molecular complexity index is 1530. The van der Waals surface area contributed by atoms with E-state index in [1.807, 2.05) is 44.2 Å². The van der Waals surface area contributed by atoms with Crippen molar-refractivity contribution in [2.45, 2.75) is 78.1 Å². The van der Waals surface area contributed by atoms with Gasteiger partial charge in [-0.15, -0.1) is 5.10 Å². The van der Waals surface area contributed by atoms with Crippen LogP contribution in [0.4, 0.5) is 4.39 Å². The highest BCUT2D eigenvalue weighted by atomic mass is 19.1. The number of carbonyl (C=O) groups is 1. The smallest absolute Gasteiger partial charge is 0.304 e. The molecule has 210 valence electrons. The van der Waals surface area contributed by atoms with Gasteiger partial charge >= 0.3 is 5.97 Å². The lowest BCUT2D eigenvalue weighted by Crippen LogP contribution is -2.33. The molecule has 1 aliphatic heterocycles. The molecule has 5 rings (SSSR count). The van der Waals surface area contributed by atoms with Gasteiger partial charge in [-0.05, 0) is 55.5 Å². The second-order valence-electron chi connectivity index (χ2n) is 10.8. The van der Waals surface area contributed by atoms with E-state index in [1.54, 1.807) is 16.8 Å². The van der Waals surface area contributed by atoms with E-state index in [9.17, 15) is 9.90 Å². The molecule has 1 N–H and O–H groups in total. The highest BCUT2D eigenvalue weighted by Gasteiger charge is 2.39. The standard InChI is InChI=1S/C32H37FN4O3/c1-5-25-20-36(18-22-10-8-9-11-28(22)40-25)19-23-16-24(13-12-21(23)4)32(6-2,17-29(38)39)26-14-15-27-31(30(26)33)34-35-37(27)7-3/h8-16,25H,5-7,17-20H2,1-4H3,(H,38,39)/t25-,32?/m1/s1. The van der Waals surface area contributed by atoms with E-state index >= 15 is 4.39 Å². The highest BCUT2D eigenvalue weighted by Crippen LogP contribution is 2.42. The van der Waals surface area contributed by atoms with Crippen molar-refractivity contribution in [3.05, 3.63) is 88.2 Å². The van der Waals surface area contributed by atoms with Crippen LogP contribution in [0, 0.1) is 12.7 Å². The van der Waals surface area contributed by atoms with E-state index in [2.05, 4.69) is 41.2 Å². The molecular formula is C32H37FN4O3. The summed E-state index contributed by atoms with van der Waals surface area (Å²) in [5, 5.41) is 18.2. The van der Waals surface area contributed by atoms with E-state index in [0.29, 0.717) is 30.6 Å². The lowest BCUT2D eigenvalue weighted by Gasteiger charge is -2.34. The number of aromatic nitrogens is 3. The van der Waals surface area contributed by atoms with Crippen LogP contribution < -0.4 is 4.74 Å². The predicted octanol–water partition coefficient (Wildman–Crippen LogP) is 6.24. The molecule has 8 heteroatoms. The van der Waals surface area contributed by atoms with Gasteiger partial charge in [0.05, 0.1) is 11.9 Å². The molecule has 0 radical (unpaired) electrons. The van der Waals surface area contributed by atoms with Gasteiger partial charge in [-0.1, -0.05) is 61.5 Å². The second kappa shape index (κ2) is 11.4. The molecule has 1 aromatic heterocycles. The summed E-state index contributed by atoms with van der Waals surface area (Å²) in [5.41, 5.74) is 4.18. The van der Waals surface area contributed by atoms with Crippen LogP contribution in [-0.4, -0.2) is 43.6 Å². The lowest BCUT2D eigenvalue weighted by atomic mass is 9.69. The minimum Gasteiger partial charge on any atom is -0.489 e. The van der Waals surface area contributed by atoms with Crippen molar-refractivity contribution in [3.63, 3.8) is 0 Å². The monoisotopic (exact) mass is 544 g/mol. The van der Waals surface area contributed by atoms with E-state index in [4.69, 9.17) is 4.74 Å². The van der Waals surface area contributed by atoms with Gasteiger partial charge in [0.1, 0.15) is 17.4 Å². The zero-order chi connectivity index (χ0) is 28.4. The van der Waals surface area contributed by atoms with E-state index in [-0.39, 0.29) is 18.0 Å². The maximum Gasteiger partial charge on any atom is 0.304 e. The molecule has 1 unspecified atom stereocenters. The van der Waals surface area contributed by atoms with E-state index < -0.39 is 17.2 Å². The summed E-state index contributed by atoms with van der Waals surface area (Å²) < 4.78 is 24.1. The molecule has 2 atom stereocenters. The Morgan fingerprint density at radius 1 is 1.15 bits per heavy atom. The fraction of sp³-hybridized carbons (Fsp3) is 0.406. The largest absolute Gasteiger partial charge is 0.489 e. The minimum atomic E-state index is -1.07. The molecule has 4 aromatic rings. The number of carboxylic acid groups (broad SMARTS) is 1. The second-order valence-corrected chi connectivity index (χ2v) is 10.8. The number of fused-ring (bicyclic) bond motifs is 2. The number of aryl methyl sites for hydroxylation is 2. The van der Waals surface area contributed by atoms with Crippen molar-refractivity contribution < 1.29 is 19.0 Å². The zero-order valence-electron chi connectivity index (χ0n) is 23.7. The first kappa shape index (κ1) is 27.8. The van der Waals surface area contributed by atoms with E-state index in [0.717, 1.165) is 47.5 Å². The van der Waals surface area contributed by atoms with Gasteiger partial charge in [-0.3, -0.25) is 9.69 Å². The molecule has 0 amide bonds. The average molecular weight is 545 g/mol. The Balaban J connectivity index is 1.57. The third kappa shape index (κ3) is 5.08. The van der Waals surface area contributed by atoms with Gasteiger partial charge in [-0.25, -0.2) is 9.07 Å². The van der Waals surface area contributed by atoms with Crippen LogP contribution in [0.15, 0.2) is 54.6 Å². The Morgan fingerprint density at radius 2 is 1.95 bits per heavy atom. The summed E-state index contributed by atoms with van der Waals surface area (Å²) in [6.45, 7) is 10.8. The van der Waals surface area contributed by atoms with Crippen molar-refractivity contribution in [3.8, 4) is 5.75 Å². The topological polar surface area (TPSA) is 80.5 Å². The lowest BCUT2D eigenvalue weighted by molar-refractivity contribution is -0.138. The first-order chi connectivity index (χ1) is 19.3. The summed E-state index contributed by atoms with van der Waals surface area (Å²) in [6, 6.07) is 17.7. The molecule has 3 aromatic carbocycles. The summed E-state index contributed by atoms with van der Waals surface area (Å²) in [5.74, 6) is -0.554. The third-order valence-corrected chi connectivity index (χ3v) is 8.37. The fourth-order valence-electron chi connectivity index (χ4n) is 6.01. The van der Waals surface area contributed by atoms with Crippen molar-refractivity contribution in [1.82, 2.24) is 19.9 Å². The van der Waals surface area contributed by atoms with Gasteiger partial charge in [0.15, 0.2) is 5.82 Å². The summed E-state index contributed by atoms with van der Waals surface area (Å²) in [7, 11) is 0. The van der Waals surface area contributed by atoms with Crippen LogP contribution in [0.3, 0.4) is 0 Å². The average Bonchev–Trinajstić information content (AvgIpc) is 3.29. The minimum absolute atomic E-state index is 0.0752. The molecule has 1 aliphatic rings. The highest BCUT2D eigenvalue weighted by molar-refractivity contribution is 5.78. The molecule has 7 nitrogen and oxygen atoms in total. The van der Waals surface area contributed by atoms with Crippen LogP contribution in [-0.2, 0) is 29.8 Å². The van der Waals surface area contributed by atoms with Gasteiger partial charge in [0, 0.05) is 42.7 Å². The molecule has 0 fully saturated rings. The molecular weight excluding hydrogens is 507 g/mol. The molecule has 2 heterocycles. The Morgan fingerprint density at radius 3 is 2.67 bits per heavy atom. The molecule has 0 bridgehead atoms. The zero-order valence-corrected chi connectivity index (χ0v) is 23.7. The number of halogens is 1. The maximum atomic E-state index is 16.1. The normalized spacial score (nSPS) is 17.2. The van der Waals surface area contributed by atoms with Crippen LogP contribution in [0.2, 0.25) is 0 Å². The number of benzene rings is 3. The Kier molecular flexibility index (Phi) is 7.90. The van der Waals surface area contributed by atoms with Gasteiger partial charge < -0.3 is 9.84 Å². The van der Waals surface area contributed by atoms with Crippen LogP contribution in [0.1, 0.15) is 67.9 Å². The fourth-order valence-corrected chi connectivity index (χ4v) is 6.01. The quantitative estimate of drug-likeness (QED) is 0.269. The van der Waals surface area contributed by atoms with Crippen molar-refractivity contribution in [2.24, 2.45) is 0 Å². The molecule has 0 aliphatic carbocycles. The number of aliphatic carboxylic acids is 1.